The van der Waals surface area contributed by atoms with Crippen molar-refractivity contribution >= 4 is 16.1 Å². The Bertz CT molecular complexity index is 1200. The van der Waals surface area contributed by atoms with Gasteiger partial charge in [0.25, 0.3) is 0 Å². The van der Waals surface area contributed by atoms with Gasteiger partial charge in [-0.2, -0.15) is 4.31 Å². The molecular weight excluding hydrogens is 440 g/mol. The number of aliphatic hydroxyl groups is 1. The molecule has 0 aromatic heterocycles. The predicted molar refractivity (Wildman–Crippen MR) is 124 cm³/mol. The van der Waals surface area contributed by atoms with Crippen molar-refractivity contribution in [2.24, 2.45) is 0 Å². The Morgan fingerprint density at radius 1 is 0.939 bits per heavy atom. The van der Waals surface area contributed by atoms with E-state index in [9.17, 15) is 18.3 Å². The lowest BCUT2D eigenvalue weighted by Crippen LogP contribution is -2.56. The molecule has 7 nitrogen and oxygen atoms in total. The van der Waals surface area contributed by atoms with Gasteiger partial charge in [0.15, 0.2) is 0 Å². The largest absolute Gasteiger partial charge is 0.508 e. The van der Waals surface area contributed by atoms with Gasteiger partial charge in [-0.3, -0.25) is 4.90 Å². The molecular formula is C25H26N2O5S. The third kappa shape index (κ3) is 4.16. The Morgan fingerprint density at radius 2 is 1.61 bits per heavy atom. The molecule has 1 atom stereocenters. The van der Waals surface area contributed by atoms with E-state index in [4.69, 9.17) is 4.74 Å². The number of fused-ring (bicyclic) bond motifs is 1. The number of rotatable bonds is 4. The molecule has 2 aromatic rings. The van der Waals surface area contributed by atoms with Gasteiger partial charge < -0.3 is 9.84 Å². The van der Waals surface area contributed by atoms with Crippen molar-refractivity contribution in [3.05, 3.63) is 78.1 Å². The minimum Gasteiger partial charge on any atom is -0.508 e. The van der Waals surface area contributed by atoms with Crippen LogP contribution in [0, 0.1) is 0 Å². The Balaban J connectivity index is 1.28. The van der Waals surface area contributed by atoms with Crippen LogP contribution in [-0.4, -0.2) is 60.6 Å². The summed E-state index contributed by atoms with van der Waals surface area (Å²) in [6, 6.07) is 16.6. The van der Waals surface area contributed by atoms with Crippen molar-refractivity contribution in [2.45, 2.75) is 36.2 Å². The maximum atomic E-state index is 13.2. The zero-order valence-electron chi connectivity index (χ0n) is 18.1. The molecule has 2 heterocycles. The van der Waals surface area contributed by atoms with Crippen LogP contribution in [0.1, 0.15) is 19.3 Å². The first-order chi connectivity index (χ1) is 15.9. The van der Waals surface area contributed by atoms with Crippen LogP contribution in [0.2, 0.25) is 0 Å². The normalized spacial score (nSPS) is 22.2. The van der Waals surface area contributed by atoms with Crippen molar-refractivity contribution in [1.29, 1.82) is 0 Å². The summed E-state index contributed by atoms with van der Waals surface area (Å²) in [6.45, 7) is 0.859. The average molecular weight is 467 g/mol. The number of carbonyl (C=O) groups excluding carboxylic acids is 1. The molecule has 0 spiro atoms. The first kappa shape index (κ1) is 21.7. The highest BCUT2D eigenvalue weighted by Gasteiger charge is 2.41. The van der Waals surface area contributed by atoms with Gasteiger partial charge in [-0.25, -0.2) is 13.2 Å². The molecule has 33 heavy (non-hydrogen) atoms. The van der Waals surface area contributed by atoms with E-state index >= 15 is 0 Å². The van der Waals surface area contributed by atoms with Crippen LogP contribution in [-0.2, 0) is 14.8 Å². The zero-order valence-corrected chi connectivity index (χ0v) is 18.9. The standard InChI is InChI=1S/C25H26N2O5S/c28-22-8-11-24-20(16-22)17-32-25(29)27(24)21-12-14-26(15-13-21)33(30,31)23-9-6-19(7-10-23)18-4-2-1-3-5-18/h1-10,16,21,24,28H,11-15,17H2. The quantitative estimate of drug-likeness (QED) is 0.733. The third-order valence-corrected chi connectivity index (χ3v) is 8.55. The number of carbonyl (C=O) groups is 1. The highest BCUT2D eigenvalue weighted by Crippen LogP contribution is 2.33. The highest BCUT2D eigenvalue weighted by molar-refractivity contribution is 7.89. The molecule has 1 amide bonds. The number of nitrogens with zero attached hydrogens (tertiary/aromatic N) is 2. The summed E-state index contributed by atoms with van der Waals surface area (Å²) in [5, 5.41) is 9.78. The molecule has 172 valence electrons. The Hall–Kier alpha value is -3.10. The fourth-order valence-corrected chi connectivity index (χ4v) is 6.34. The predicted octanol–water partition coefficient (Wildman–Crippen LogP) is 4.10. The number of amides is 1. The monoisotopic (exact) mass is 466 g/mol. The molecule has 1 N–H and O–H groups in total. The van der Waals surface area contributed by atoms with Gasteiger partial charge in [-0.1, -0.05) is 42.5 Å². The molecule has 2 aliphatic heterocycles. The molecule has 1 unspecified atom stereocenters. The first-order valence-corrected chi connectivity index (χ1v) is 12.6. The molecule has 2 fully saturated rings. The van der Waals surface area contributed by atoms with E-state index in [-0.39, 0.29) is 35.4 Å². The van der Waals surface area contributed by atoms with Crippen LogP contribution in [0.15, 0.2) is 83.0 Å². The number of ether oxygens (including phenoxy) is 1. The second kappa shape index (κ2) is 8.68. The van der Waals surface area contributed by atoms with Gasteiger partial charge in [-0.15, -0.1) is 0 Å². The molecule has 1 aliphatic carbocycles. The van der Waals surface area contributed by atoms with E-state index in [2.05, 4.69) is 0 Å². The van der Waals surface area contributed by atoms with E-state index in [0.29, 0.717) is 32.4 Å². The van der Waals surface area contributed by atoms with Crippen LogP contribution in [0.5, 0.6) is 0 Å². The van der Waals surface area contributed by atoms with Crippen molar-refractivity contribution in [2.75, 3.05) is 19.7 Å². The molecule has 0 bridgehead atoms. The lowest BCUT2D eigenvalue weighted by Gasteiger charge is -2.44. The average Bonchev–Trinajstić information content (AvgIpc) is 2.85. The summed E-state index contributed by atoms with van der Waals surface area (Å²) < 4.78 is 33.3. The van der Waals surface area contributed by atoms with E-state index in [0.717, 1.165) is 16.7 Å². The van der Waals surface area contributed by atoms with Crippen molar-refractivity contribution < 1.29 is 23.1 Å². The number of piperidine rings is 1. The summed E-state index contributed by atoms with van der Waals surface area (Å²) in [5.74, 6) is 0.193. The van der Waals surface area contributed by atoms with Crippen LogP contribution >= 0.6 is 0 Å². The van der Waals surface area contributed by atoms with E-state index in [1.165, 1.54) is 4.31 Å². The van der Waals surface area contributed by atoms with E-state index < -0.39 is 10.0 Å². The minimum absolute atomic E-state index is 0.105. The van der Waals surface area contributed by atoms with Crippen molar-refractivity contribution in [1.82, 2.24) is 9.21 Å². The summed E-state index contributed by atoms with van der Waals surface area (Å²) in [4.78, 5) is 14.5. The SMILES string of the molecule is O=C1OCC2=CC(O)=CCC2N1C1CCN(S(=O)(=O)c2ccc(-c3ccccc3)cc2)CC1. The fourth-order valence-electron chi connectivity index (χ4n) is 4.87. The lowest BCUT2D eigenvalue weighted by molar-refractivity contribution is 0.0386. The van der Waals surface area contributed by atoms with Crippen LogP contribution in [0.3, 0.4) is 0 Å². The zero-order chi connectivity index (χ0) is 23.0. The molecule has 3 aliphatic rings. The summed E-state index contributed by atoms with van der Waals surface area (Å²) in [5.41, 5.74) is 2.88. The summed E-state index contributed by atoms with van der Waals surface area (Å²) in [6.07, 6.45) is 4.61. The molecule has 5 rings (SSSR count). The van der Waals surface area contributed by atoms with Gasteiger partial charge >= 0.3 is 6.09 Å². The number of hydrogen-bond donors (Lipinski definition) is 1. The maximum Gasteiger partial charge on any atom is 0.410 e. The minimum atomic E-state index is -3.61. The number of cyclic esters (lactones) is 1. The molecule has 0 saturated carbocycles. The van der Waals surface area contributed by atoms with Gasteiger partial charge in [0.05, 0.1) is 10.9 Å². The van der Waals surface area contributed by atoms with Crippen LogP contribution in [0.25, 0.3) is 11.1 Å². The van der Waals surface area contributed by atoms with Crippen LogP contribution in [0.4, 0.5) is 4.79 Å². The lowest BCUT2D eigenvalue weighted by atomic mass is 9.92. The number of aliphatic hydroxyl groups excluding tert-OH is 1. The maximum absolute atomic E-state index is 13.2. The highest BCUT2D eigenvalue weighted by atomic mass is 32.2. The number of benzene rings is 2. The van der Waals surface area contributed by atoms with Crippen molar-refractivity contribution in [3.8, 4) is 11.1 Å². The fraction of sp³-hybridized carbons (Fsp3) is 0.320. The van der Waals surface area contributed by atoms with Crippen LogP contribution < -0.4 is 0 Å². The second-order valence-electron chi connectivity index (χ2n) is 8.59. The van der Waals surface area contributed by atoms with Gasteiger partial charge in [-0.05, 0) is 60.2 Å². The smallest absolute Gasteiger partial charge is 0.410 e. The second-order valence-corrected chi connectivity index (χ2v) is 10.5. The molecule has 8 heteroatoms. The molecule has 2 saturated heterocycles. The number of allylic oxidation sites excluding steroid dienone is 1. The molecule has 2 aromatic carbocycles. The summed E-state index contributed by atoms with van der Waals surface area (Å²) in [7, 11) is -3.61. The molecule has 0 radical (unpaired) electrons. The van der Waals surface area contributed by atoms with Gasteiger partial charge in [0, 0.05) is 19.1 Å². The Labute approximate surface area is 193 Å². The van der Waals surface area contributed by atoms with Gasteiger partial charge in [0.1, 0.15) is 12.4 Å². The third-order valence-electron chi connectivity index (χ3n) is 6.64. The Kier molecular flexibility index (Phi) is 5.72. The van der Waals surface area contributed by atoms with E-state index in [1.54, 1.807) is 29.2 Å². The topological polar surface area (TPSA) is 87.2 Å². The van der Waals surface area contributed by atoms with Crippen molar-refractivity contribution in [3.63, 3.8) is 0 Å². The van der Waals surface area contributed by atoms with E-state index in [1.807, 2.05) is 42.5 Å². The number of hydrogen-bond acceptors (Lipinski definition) is 5. The first-order valence-electron chi connectivity index (χ1n) is 11.1. The summed E-state index contributed by atoms with van der Waals surface area (Å²) >= 11 is 0. The van der Waals surface area contributed by atoms with Gasteiger partial charge in [0.2, 0.25) is 10.0 Å². The Morgan fingerprint density at radius 3 is 2.30 bits per heavy atom. The number of sulfonamides is 1.